The van der Waals surface area contributed by atoms with Gasteiger partial charge in [-0.2, -0.15) is 0 Å². The maximum Gasteiger partial charge on any atom is 0.313 e. The number of benzene rings is 1. The van der Waals surface area contributed by atoms with Crippen LogP contribution in [0.5, 0.6) is 0 Å². The van der Waals surface area contributed by atoms with Crippen LogP contribution in [0.1, 0.15) is 20.3 Å². The molecule has 0 bridgehead atoms. The summed E-state index contributed by atoms with van der Waals surface area (Å²) in [7, 11) is 0. The third kappa shape index (κ3) is 5.91. The van der Waals surface area contributed by atoms with E-state index in [2.05, 4.69) is 29.4 Å². The van der Waals surface area contributed by atoms with Gasteiger partial charge in [0.05, 0.1) is 10.7 Å². The largest absolute Gasteiger partial charge is 0.399 e. The quantitative estimate of drug-likeness (QED) is 0.404. The van der Waals surface area contributed by atoms with Crippen LogP contribution < -0.4 is 16.4 Å². The highest BCUT2D eigenvalue weighted by atomic mass is 35.5. The van der Waals surface area contributed by atoms with E-state index >= 15 is 0 Å². The first kappa shape index (κ1) is 18.3. The highest BCUT2D eigenvalue weighted by molar-refractivity contribution is 6.41. The lowest BCUT2D eigenvalue weighted by molar-refractivity contribution is -0.136. The first-order valence-electron chi connectivity index (χ1n) is 7.34. The highest BCUT2D eigenvalue weighted by Crippen LogP contribution is 2.23. The third-order valence-corrected chi connectivity index (χ3v) is 3.59. The lowest BCUT2D eigenvalue weighted by Crippen LogP contribution is -2.37. The normalized spacial score (nSPS) is 10.5. The summed E-state index contributed by atoms with van der Waals surface area (Å²) in [5.74, 6) is -1.41. The smallest absolute Gasteiger partial charge is 0.313 e. The van der Waals surface area contributed by atoms with Gasteiger partial charge in [-0.15, -0.1) is 0 Å². The molecule has 6 nitrogen and oxygen atoms in total. The number of carbonyl (C=O) groups excluding carboxylic acids is 2. The Morgan fingerprint density at radius 1 is 1.23 bits per heavy atom. The number of nitrogens with zero attached hydrogens (tertiary/aromatic N) is 1. The van der Waals surface area contributed by atoms with E-state index in [0.717, 1.165) is 26.1 Å². The van der Waals surface area contributed by atoms with Crippen molar-refractivity contribution in [3.05, 3.63) is 23.2 Å². The van der Waals surface area contributed by atoms with Gasteiger partial charge >= 0.3 is 11.8 Å². The maximum atomic E-state index is 11.8. The van der Waals surface area contributed by atoms with Gasteiger partial charge in [-0.3, -0.25) is 9.59 Å². The summed E-state index contributed by atoms with van der Waals surface area (Å²) >= 11 is 5.94. The maximum absolute atomic E-state index is 11.8. The fraction of sp³-hybridized carbons (Fsp3) is 0.467. The van der Waals surface area contributed by atoms with Crippen LogP contribution in [0, 0.1) is 0 Å². The zero-order chi connectivity index (χ0) is 16.5. The Bertz CT molecular complexity index is 518. The van der Waals surface area contributed by atoms with Crippen molar-refractivity contribution < 1.29 is 9.59 Å². The van der Waals surface area contributed by atoms with E-state index in [1.54, 1.807) is 12.1 Å². The molecule has 1 aromatic carbocycles. The molecule has 4 N–H and O–H groups in total. The molecule has 0 aliphatic carbocycles. The van der Waals surface area contributed by atoms with Crippen LogP contribution in [0.2, 0.25) is 5.02 Å². The minimum absolute atomic E-state index is 0.294. The van der Waals surface area contributed by atoms with Crippen molar-refractivity contribution in [1.82, 2.24) is 10.2 Å². The van der Waals surface area contributed by atoms with E-state index in [1.807, 2.05) is 0 Å². The Morgan fingerprint density at radius 3 is 2.50 bits per heavy atom. The van der Waals surface area contributed by atoms with Gasteiger partial charge in [0, 0.05) is 12.2 Å². The van der Waals surface area contributed by atoms with Crippen molar-refractivity contribution in [1.29, 1.82) is 0 Å². The molecule has 122 valence electrons. The van der Waals surface area contributed by atoms with Crippen molar-refractivity contribution in [2.75, 3.05) is 37.2 Å². The molecule has 7 heteroatoms. The molecule has 0 atom stereocenters. The van der Waals surface area contributed by atoms with E-state index < -0.39 is 11.8 Å². The number of anilines is 2. The van der Waals surface area contributed by atoms with Gasteiger partial charge in [0.1, 0.15) is 0 Å². The lowest BCUT2D eigenvalue weighted by atomic mass is 10.3. The minimum Gasteiger partial charge on any atom is -0.399 e. The number of rotatable bonds is 7. The summed E-state index contributed by atoms with van der Waals surface area (Å²) in [5.41, 5.74) is 6.42. The van der Waals surface area contributed by atoms with E-state index in [1.165, 1.54) is 6.07 Å². The summed E-state index contributed by atoms with van der Waals surface area (Å²) in [6.45, 7) is 7.47. The summed E-state index contributed by atoms with van der Waals surface area (Å²) in [6.07, 6.45) is 0.795. The summed E-state index contributed by atoms with van der Waals surface area (Å²) in [6, 6.07) is 4.67. The molecule has 0 aliphatic rings. The van der Waals surface area contributed by atoms with Crippen LogP contribution in [0.3, 0.4) is 0 Å². The molecule has 2 amide bonds. The second kappa shape index (κ2) is 9.27. The number of halogens is 1. The van der Waals surface area contributed by atoms with Crippen LogP contribution in [0.25, 0.3) is 0 Å². The molecule has 0 fully saturated rings. The Labute approximate surface area is 136 Å². The molecule has 0 aliphatic heterocycles. The van der Waals surface area contributed by atoms with Crippen LogP contribution in [-0.2, 0) is 9.59 Å². The number of amides is 2. The van der Waals surface area contributed by atoms with Gasteiger partial charge in [0.25, 0.3) is 0 Å². The van der Waals surface area contributed by atoms with Crippen LogP contribution in [-0.4, -0.2) is 42.9 Å². The van der Waals surface area contributed by atoms with Gasteiger partial charge in [-0.1, -0.05) is 25.4 Å². The molecule has 0 saturated carbocycles. The van der Waals surface area contributed by atoms with E-state index in [-0.39, 0.29) is 0 Å². The summed E-state index contributed by atoms with van der Waals surface area (Å²) in [4.78, 5) is 25.7. The summed E-state index contributed by atoms with van der Waals surface area (Å²) < 4.78 is 0. The number of hydrogen-bond acceptors (Lipinski definition) is 4. The van der Waals surface area contributed by atoms with E-state index in [4.69, 9.17) is 17.3 Å². The second-order valence-corrected chi connectivity index (χ2v) is 5.24. The van der Waals surface area contributed by atoms with E-state index in [9.17, 15) is 9.59 Å². The molecular weight excluding hydrogens is 304 g/mol. The van der Waals surface area contributed by atoms with Gasteiger partial charge in [0.15, 0.2) is 0 Å². The first-order valence-corrected chi connectivity index (χ1v) is 7.72. The van der Waals surface area contributed by atoms with Crippen LogP contribution >= 0.6 is 11.6 Å². The van der Waals surface area contributed by atoms with Crippen LogP contribution in [0.15, 0.2) is 18.2 Å². The van der Waals surface area contributed by atoms with Crippen molar-refractivity contribution >= 4 is 34.8 Å². The molecule has 1 aromatic rings. The van der Waals surface area contributed by atoms with Crippen molar-refractivity contribution in [3.63, 3.8) is 0 Å². The zero-order valence-corrected chi connectivity index (χ0v) is 13.7. The predicted octanol–water partition coefficient (Wildman–Crippen LogP) is 1.71. The topological polar surface area (TPSA) is 87.5 Å². The van der Waals surface area contributed by atoms with Gasteiger partial charge in [-0.25, -0.2) is 0 Å². The van der Waals surface area contributed by atoms with Crippen molar-refractivity contribution in [2.45, 2.75) is 20.3 Å². The Kier molecular flexibility index (Phi) is 7.70. The predicted molar refractivity (Wildman–Crippen MR) is 89.9 cm³/mol. The average Bonchev–Trinajstić information content (AvgIpc) is 2.50. The zero-order valence-electron chi connectivity index (χ0n) is 13.0. The molecular formula is C15H23ClN4O2. The fourth-order valence-corrected chi connectivity index (χ4v) is 2.17. The van der Waals surface area contributed by atoms with Crippen LogP contribution in [0.4, 0.5) is 11.4 Å². The lowest BCUT2D eigenvalue weighted by Gasteiger charge is -2.17. The molecule has 0 radical (unpaired) electrons. The number of nitrogens with two attached hydrogens (primary N) is 1. The van der Waals surface area contributed by atoms with E-state index in [0.29, 0.717) is 22.9 Å². The van der Waals surface area contributed by atoms with Gasteiger partial charge < -0.3 is 21.3 Å². The van der Waals surface area contributed by atoms with Gasteiger partial charge in [-0.05, 0) is 44.3 Å². The third-order valence-electron chi connectivity index (χ3n) is 3.28. The highest BCUT2D eigenvalue weighted by Gasteiger charge is 2.14. The van der Waals surface area contributed by atoms with Gasteiger partial charge in [0.2, 0.25) is 0 Å². The molecule has 0 heterocycles. The number of nitrogens with one attached hydrogen (secondary N) is 2. The molecule has 22 heavy (non-hydrogen) atoms. The molecule has 0 aromatic heterocycles. The minimum atomic E-state index is -0.741. The number of carbonyl (C=O) groups is 2. The monoisotopic (exact) mass is 326 g/mol. The number of hydrogen-bond donors (Lipinski definition) is 3. The average molecular weight is 327 g/mol. The van der Waals surface area contributed by atoms with Crippen molar-refractivity contribution in [2.24, 2.45) is 0 Å². The Morgan fingerprint density at radius 2 is 1.91 bits per heavy atom. The molecule has 1 rings (SSSR count). The number of nitrogen functional groups attached to an aromatic ring is 1. The standard InChI is InChI=1S/C15H23ClN4O2/c1-3-20(4-2)9-5-8-18-14(21)15(22)19-13-7-6-11(17)10-12(13)16/h6-7,10H,3-5,8-9,17H2,1-2H3,(H,18,21)(H,19,22). The SMILES string of the molecule is CCN(CC)CCCNC(=O)C(=O)Nc1ccc(N)cc1Cl. The second-order valence-electron chi connectivity index (χ2n) is 4.83. The molecule has 0 unspecified atom stereocenters. The molecule has 0 spiro atoms. The molecule has 0 saturated heterocycles. The Balaban J connectivity index is 2.37. The fourth-order valence-electron chi connectivity index (χ4n) is 1.94. The summed E-state index contributed by atoms with van der Waals surface area (Å²) in [5, 5.41) is 5.35. The first-order chi connectivity index (χ1) is 10.5. The Hall–Kier alpha value is -1.79. The van der Waals surface area contributed by atoms with Crippen molar-refractivity contribution in [3.8, 4) is 0 Å².